The van der Waals surface area contributed by atoms with E-state index >= 15 is 0 Å². The van der Waals surface area contributed by atoms with E-state index in [0.717, 1.165) is 11.3 Å². The molecule has 0 spiro atoms. The first-order valence-electron chi connectivity index (χ1n) is 6.35. The van der Waals surface area contributed by atoms with E-state index in [1.165, 1.54) is 6.07 Å². The van der Waals surface area contributed by atoms with Crippen LogP contribution < -0.4 is 5.32 Å². The molecule has 1 atom stereocenters. The summed E-state index contributed by atoms with van der Waals surface area (Å²) in [7, 11) is 0. The monoisotopic (exact) mass is 324 g/mol. The number of nitrogens with zero attached hydrogens (tertiary/aromatic N) is 1. The van der Waals surface area contributed by atoms with Crippen LogP contribution in [0, 0.1) is 17.0 Å². The van der Waals surface area contributed by atoms with E-state index in [1.807, 2.05) is 19.1 Å². The van der Waals surface area contributed by atoms with Gasteiger partial charge in [-0.05, 0) is 37.6 Å². The Morgan fingerprint density at radius 2 is 1.95 bits per heavy atom. The van der Waals surface area contributed by atoms with Gasteiger partial charge in [0.05, 0.1) is 21.0 Å². The summed E-state index contributed by atoms with van der Waals surface area (Å²) in [6, 6.07) is 10.3. The summed E-state index contributed by atoms with van der Waals surface area (Å²) in [5.74, 6) is 0. The van der Waals surface area contributed by atoms with Crippen molar-refractivity contribution in [3.05, 3.63) is 67.7 Å². The van der Waals surface area contributed by atoms with Gasteiger partial charge in [-0.2, -0.15) is 0 Å². The number of nitro groups is 1. The predicted molar refractivity (Wildman–Crippen MR) is 86.3 cm³/mol. The molecule has 2 aromatic rings. The topological polar surface area (TPSA) is 55.2 Å². The highest BCUT2D eigenvalue weighted by molar-refractivity contribution is 6.42. The van der Waals surface area contributed by atoms with E-state index in [-0.39, 0.29) is 11.7 Å². The quantitative estimate of drug-likeness (QED) is 0.606. The van der Waals surface area contributed by atoms with Crippen LogP contribution in [0.2, 0.25) is 10.0 Å². The van der Waals surface area contributed by atoms with E-state index in [0.29, 0.717) is 15.6 Å². The largest absolute Gasteiger partial charge is 0.378 e. The molecule has 0 heterocycles. The molecule has 0 saturated carbocycles. The van der Waals surface area contributed by atoms with Gasteiger partial charge in [-0.1, -0.05) is 35.3 Å². The van der Waals surface area contributed by atoms with Crippen molar-refractivity contribution in [2.45, 2.75) is 19.9 Å². The number of halogens is 2. The van der Waals surface area contributed by atoms with Gasteiger partial charge >= 0.3 is 0 Å². The van der Waals surface area contributed by atoms with Gasteiger partial charge < -0.3 is 5.32 Å². The molecule has 1 unspecified atom stereocenters. The first kappa shape index (κ1) is 15.6. The predicted octanol–water partition coefficient (Wildman–Crippen LogP) is 5.38. The number of nitrogens with one attached hydrogen (secondary N) is 1. The molecular formula is C15H14Cl2N2O2. The minimum absolute atomic E-state index is 0.0722. The lowest BCUT2D eigenvalue weighted by atomic mass is 10.1. The maximum atomic E-state index is 10.8. The third-order valence-electron chi connectivity index (χ3n) is 3.22. The van der Waals surface area contributed by atoms with Crippen molar-refractivity contribution >= 4 is 34.6 Å². The normalized spacial score (nSPS) is 12.0. The van der Waals surface area contributed by atoms with E-state index in [9.17, 15) is 10.1 Å². The Hall–Kier alpha value is -1.78. The number of hydrogen-bond donors (Lipinski definition) is 1. The molecule has 6 heteroatoms. The number of aryl methyl sites for hydroxylation is 1. The Labute approximate surface area is 132 Å². The second-order valence-corrected chi connectivity index (χ2v) is 5.55. The first-order valence-corrected chi connectivity index (χ1v) is 7.11. The van der Waals surface area contributed by atoms with Crippen molar-refractivity contribution in [1.82, 2.24) is 0 Å². The Kier molecular flexibility index (Phi) is 4.70. The van der Waals surface area contributed by atoms with Gasteiger partial charge in [0.25, 0.3) is 5.69 Å². The fourth-order valence-corrected chi connectivity index (χ4v) is 2.60. The molecule has 110 valence electrons. The lowest BCUT2D eigenvalue weighted by Gasteiger charge is -2.18. The van der Waals surface area contributed by atoms with Crippen LogP contribution in [-0.4, -0.2) is 4.92 Å². The summed E-state index contributed by atoms with van der Waals surface area (Å²) in [4.78, 5) is 10.4. The lowest BCUT2D eigenvalue weighted by molar-refractivity contribution is -0.385. The van der Waals surface area contributed by atoms with E-state index in [1.54, 1.807) is 25.1 Å². The third-order valence-corrected chi connectivity index (χ3v) is 4.06. The van der Waals surface area contributed by atoms with Crippen LogP contribution in [0.25, 0.3) is 0 Å². The summed E-state index contributed by atoms with van der Waals surface area (Å²) < 4.78 is 0. The SMILES string of the molecule is Cc1cc(NC(C)c2cccc(Cl)c2Cl)ccc1[N+](=O)[O-]. The molecule has 0 bridgehead atoms. The van der Waals surface area contributed by atoms with Gasteiger partial charge in [0.2, 0.25) is 0 Å². The molecule has 0 amide bonds. The third kappa shape index (κ3) is 3.46. The van der Waals surface area contributed by atoms with Crippen molar-refractivity contribution in [2.75, 3.05) is 5.32 Å². The summed E-state index contributed by atoms with van der Waals surface area (Å²) >= 11 is 12.2. The van der Waals surface area contributed by atoms with Crippen LogP contribution in [0.3, 0.4) is 0 Å². The highest BCUT2D eigenvalue weighted by atomic mass is 35.5. The number of anilines is 1. The molecule has 0 radical (unpaired) electrons. The molecule has 21 heavy (non-hydrogen) atoms. The molecule has 2 aromatic carbocycles. The summed E-state index contributed by atoms with van der Waals surface area (Å²) in [5, 5.41) is 15.1. The zero-order valence-electron chi connectivity index (χ0n) is 11.6. The van der Waals surface area contributed by atoms with Crippen LogP contribution >= 0.6 is 23.2 Å². The van der Waals surface area contributed by atoms with Crippen LogP contribution in [0.5, 0.6) is 0 Å². The van der Waals surface area contributed by atoms with Gasteiger partial charge in [0.15, 0.2) is 0 Å². The highest BCUT2D eigenvalue weighted by Crippen LogP contribution is 2.32. The average Bonchev–Trinajstić information content (AvgIpc) is 2.41. The Morgan fingerprint density at radius 1 is 1.24 bits per heavy atom. The summed E-state index contributed by atoms with van der Waals surface area (Å²) in [5.41, 5.74) is 2.38. The van der Waals surface area contributed by atoms with E-state index in [4.69, 9.17) is 23.2 Å². The van der Waals surface area contributed by atoms with Gasteiger partial charge in [-0.15, -0.1) is 0 Å². The minimum atomic E-state index is -0.392. The first-order chi connectivity index (χ1) is 9.90. The average molecular weight is 325 g/mol. The standard InChI is InChI=1S/C15H14Cl2N2O2/c1-9-8-11(6-7-14(9)19(20)21)18-10(2)12-4-3-5-13(16)15(12)17/h3-8,10,18H,1-2H3. The number of rotatable bonds is 4. The fourth-order valence-electron chi connectivity index (χ4n) is 2.13. The second-order valence-electron chi connectivity index (χ2n) is 4.77. The van der Waals surface area contributed by atoms with Gasteiger partial charge in [-0.3, -0.25) is 10.1 Å². The number of nitro benzene ring substituents is 1. The second kappa shape index (κ2) is 6.33. The lowest BCUT2D eigenvalue weighted by Crippen LogP contribution is -2.07. The van der Waals surface area contributed by atoms with Crippen molar-refractivity contribution < 1.29 is 4.92 Å². The number of benzene rings is 2. The molecule has 0 aromatic heterocycles. The van der Waals surface area contributed by atoms with Crippen molar-refractivity contribution in [3.8, 4) is 0 Å². The smallest absolute Gasteiger partial charge is 0.272 e. The summed E-state index contributed by atoms with van der Waals surface area (Å²) in [6.45, 7) is 3.66. The molecule has 0 aliphatic rings. The zero-order chi connectivity index (χ0) is 15.6. The fraction of sp³-hybridized carbons (Fsp3) is 0.200. The van der Waals surface area contributed by atoms with Crippen LogP contribution in [0.15, 0.2) is 36.4 Å². The molecule has 0 fully saturated rings. The molecule has 1 N–H and O–H groups in total. The minimum Gasteiger partial charge on any atom is -0.378 e. The Balaban J connectivity index is 2.24. The Bertz CT molecular complexity index is 689. The van der Waals surface area contributed by atoms with Crippen LogP contribution in [-0.2, 0) is 0 Å². The molecule has 0 aliphatic heterocycles. The number of hydrogen-bond acceptors (Lipinski definition) is 3. The van der Waals surface area contributed by atoms with Gasteiger partial charge in [-0.25, -0.2) is 0 Å². The molecule has 0 aliphatic carbocycles. The van der Waals surface area contributed by atoms with Crippen LogP contribution in [0.4, 0.5) is 11.4 Å². The maximum absolute atomic E-state index is 10.8. The molecular weight excluding hydrogens is 311 g/mol. The Morgan fingerprint density at radius 3 is 2.57 bits per heavy atom. The molecule has 2 rings (SSSR count). The van der Waals surface area contributed by atoms with Crippen molar-refractivity contribution in [1.29, 1.82) is 0 Å². The van der Waals surface area contributed by atoms with Crippen LogP contribution in [0.1, 0.15) is 24.1 Å². The van der Waals surface area contributed by atoms with Gasteiger partial charge in [0, 0.05) is 17.3 Å². The van der Waals surface area contributed by atoms with Gasteiger partial charge in [0.1, 0.15) is 0 Å². The summed E-state index contributed by atoms with van der Waals surface area (Å²) in [6.07, 6.45) is 0. The van der Waals surface area contributed by atoms with Crippen molar-refractivity contribution in [3.63, 3.8) is 0 Å². The highest BCUT2D eigenvalue weighted by Gasteiger charge is 2.14. The van der Waals surface area contributed by atoms with Crippen molar-refractivity contribution in [2.24, 2.45) is 0 Å². The zero-order valence-corrected chi connectivity index (χ0v) is 13.1. The molecule has 4 nitrogen and oxygen atoms in total. The van der Waals surface area contributed by atoms with E-state index in [2.05, 4.69) is 5.32 Å². The molecule has 0 saturated heterocycles. The van der Waals surface area contributed by atoms with E-state index < -0.39 is 4.92 Å². The maximum Gasteiger partial charge on any atom is 0.272 e.